The third kappa shape index (κ3) is 4.53. The highest BCUT2D eigenvalue weighted by atomic mass is 16.6. The fourth-order valence-corrected chi connectivity index (χ4v) is 5.39. The Morgan fingerprint density at radius 3 is 1.83 bits per heavy atom. The molecule has 200 valence electrons. The van der Waals surface area contributed by atoms with Crippen molar-refractivity contribution in [3.63, 3.8) is 0 Å². The summed E-state index contributed by atoms with van der Waals surface area (Å²) in [7, 11) is 0. The molecular weight excluding hydrogens is 512 g/mol. The molecule has 4 aromatic carbocycles. The molecule has 41 heavy (non-hydrogen) atoms. The van der Waals surface area contributed by atoms with Gasteiger partial charge in [-0.2, -0.15) is 5.10 Å². The van der Waals surface area contributed by atoms with Crippen molar-refractivity contribution in [2.45, 2.75) is 12.5 Å². The van der Waals surface area contributed by atoms with Crippen LogP contribution in [0.4, 0.5) is 5.69 Å². The minimum absolute atomic E-state index is 0.376. The Balaban J connectivity index is 1.73. The minimum atomic E-state index is -0.885. The molecule has 0 saturated carbocycles. The normalized spacial score (nSPS) is 11.3. The number of pyridine rings is 1. The molecule has 0 amide bonds. The van der Waals surface area contributed by atoms with Crippen molar-refractivity contribution in [1.82, 2.24) is 14.8 Å². The summed E-state index contributed by atoms with van der Waals surface area (Å²) < 4.78 is 1.93. The fraction of sp³-hybridized carbons (Fsp3) is 0.0588. The smallest absolute Gasteiger partial charge is 0.311 e. The monoisotopic (exact) mass is 538 g/mol. The van der Waals surface area contributed by atoms with E-state index in [0.717, 1.165) is 22.4 Å². The molecular formula is C34H26N4O3. The van der Waals surface area contributed by atoms with E-state index in [1.54, 1.807) is 6.07 Å². The number of rotatable bonds is 7. The van der Waals surface area contributed by atoms with Crippen LogP contribution in [0.25, 0.3) is 22.5 Å². The van der Waals surface area contributed by atoms with Gasteiger partial charge in [-0.15, -0.1) is 0 Å². The van der Waals surface area contributed by atoms with Gasteiger partial charge in [0.1, 0.15) is 11.2 Å². The Morgan fingerprint density at radius 1 is 0.756 bits per heavy atom. The van der Waals surface area contributed by atoms with Gasteiger partial charge in [-0.1, -0.05) is 103 Å². The summed E-state index contributed by atoms with van der Waals surface area (Å²) >= 11 is 0. The Hall–Kier alpha value is -5.56. The first kappa shape index (κ1) is 25.7. The van der Waals surface area contributed by atoms with E-state index >= 15 is 0 Å². The number of hydrogen-bond donors (Lipinski definition) is 1. The molecule has 6 rings (SSSR count). The average molecular weight is 539 g/mol. The molecule has 0 unspecified atom stereocenters. The zero-order valence-corrected chi connectivity index (χ0v) is 22.3. The van der Waals surface area contributed by atoms with Crippen LogP contribution in [0.15, 0.2) is 134 Å². The van der Waals surface area contributed by atoms with E-state index in [0.29, 0.717) is 22.5 Å². The van der Waals surface area contributed by atoms with Crippen LogP contribution >= 0.6 is 0 Å². The van der Waals surface area contributed by atoms with Gasteiger partial charge >= 0.3 is 5.69 Å². The zero-order valence-electron chi connectivity index (χ0n) is 22.3. The molecule has 2 heterocycles. The molecule has 6 aromatic rings. The maximum Gasteiger partial charge on any atom is 0.311 e. The third-order valence-corrected chi connectivity index (χ3v) is 7.25. The van der Waals surface area contributed by atoms with Gasteiger partial charge in [-0.05, 0) is 47.4 Å². The van der Waals surface area contributed by atoms with Crippen LogP contribution in [0, 0.1) is 17.0 Å². The number of aromatic nitrogens is 3. The summed E-state index contributed by atoms with van der Waals surface area (Å²) in [4.78, 5) is 15.9. The van der Waals surface area contributed by atoms with Crippen LogP contribution in [0.5, 0.6) is 5.75 Å². The summed E-state index contributed by atoms with van der Waals surface area (Å²) in [6.07, 6.45) is 1.92. The van der Waals surface area contributed by atoms with E-state index in [-0.39, 0.29) is 5.69 Å². The number of phenolic OH excluding ortho intramolecular Hbond substituents is 1. The molecule has 2 aromatic heterocycles. The molecule has 0 spiro atoms. The van der Waals surface area contributed by atoms with Gasteiger partial charge in [0.15, 0.2) is 5.75 Å². The predicted octanol–water partition coefficient (Wildman–Crippen LogP) is 7.37. The molecule has 0 aliphatic heterocycles. The van der Waals surface area contributed by atoms with Gasteiger partial charge in [0.2, 0.25) is 0 Å². The first-order valence-electron chi connectivity index (χ1n) is 13.2. The van der Waals surface area contributed by atoms with Gasteiger partial charge in [-0.3, -0.25) is 19.8 Å². The number of hydrogen-bond acceptors (Lipinski definition) is 5. The summed E-state index contributed by atoms with van der Waals surface area (Å²) in [6, 6.07) is 40.6. The van der Waals surface area contributed by atoms with Crippen LogP contribution in [0.1, 0.15) is 22.4 Å². The largest absolute Gasteiger partial charge is 0.502 e. The molecule has 7 nitrogen and oxygen atoms in total. The average Bonchev–Trinajstić information content (AvgIpc) is 3.45. The van der Waals surface area contributed by atoms with E-state index in [1.165, 1.54) is 12.1 Å². The van der Waals surface area contributed by atoms with E-state index in [4.69, 9.17) is 10.1 Å². The number of aryl methyl sites for hydroxylation is 1. The van der Waals surface area contributed by atoms with Crippen LogP contribution in [0.3, 0.4) is 0 Å². The van der Waals surface area contributed by atoms with Crippen molar-refractivity contribution in [2.24, 2.45) is 0 Å². The summed E-state index contributed by atoms with van der Waals surface area (Å²) in [5, 5.41) is 27.1. The van der Waals surface area contributed by atoms with Crippen LogP contribution in [-0.2, 0) is 5.54 Å². The van der Waals surface area contributed by atoms with Crippen molar-refractivity contribution in [1.29, 1.82) is 0 Å². The summed E-state index contributed by atoms with van der Waals surface area (Å²) in [6.45, 7) is 1.91. The standard InChI is InChI=1S/C34H26N4O3/c1-24-12-11-19-30(35-24)33-29(25-20-21-32(39)31(22-25)38(40)41)23-37(36-33)34(26-13-5-2-6-14-26,27-15-7-3-8-16-27)28-17-9-4-10-18-28/h2-23,39H,1H3. The van der Waals surface area contributed by atoms with E-state index < -0.39 is 16.2 Å². The summed E-state index contributed by atoms with van der Waals surface area (Å²) in [5.41, 5.74) is 4.94. The molecule has 0 fully saturated rings. The second-order valence-corrected chi connectivity index (χ2v) is 9.77. The van der Waals surface area contributed by atoms with Crippen molar-refractivity contribution < 1.29 is 10.0 Å². The molecule has 7 heteroatoms. The van der Waals surface area contributed by atoms with Crippen molar-refractivity contribution >= 4 is 5.69 Å². The Morgan fingerprint density at radius 2 is 1.32 bits per heavy atom. The van der Waals surface area contributed by atoms with Gasteiger partial charge in [-0.25, -0.2) is 0 Å². The van der Waals surface area contributed by atoms with Crippen molar-refractivity contribution in [2.75, 3.05) is 0 Å². The lowest BCUT2D eigenvalue weighted by atomic mass is 9.77. The lowest BCUT2D eigenvalue weighted by Gasteiger charge is -2.36. The topological polar surface area (TPSA) is 94.1 Å². The molecule has 1 N–H and O–H groups in total. The lowest BCUT2D eigenvalue weighted by Crippen LogP contribution is -2.38. The van der Waals surface area contributed by atoms with Gasteiger partial charge in [0.25, 0.3) is 0 Å². The lowest BCUT2D eigenvalue weighted by molar-refractivity contribution is -0.385. The van der Waals surface area contributed by atoms with Gasteiger partial charge in [0, 0.05) is 23.5 Å². The maximum atomic E-state index is 11.7. The van der Waals surface area contributed by atoms with Gasteiger partial charge in [0.05, 0.1) is 10.6 Å². The van der Waals surface area contributed by atoms with Crippen molar-refractivity contribution in [3.05, 3.63) is 166 Å². The number of nitro groups is 1. The Kier molecular flexibility index (Phi) is 6.61. The number of nitrogens with zero attached hydrogens (tertiary/aromatic N) is 4. The number of nitro benzene ring substituents is 1. The van der Waals surface area contributed by atoms with E-state index in [1.807, 2.05) is 90.6 Å². The Labute approximate surface area is 237 Å². The first-order chi connectivity index (χ1) is 20.0. The molecule has 0 radical (unpaired) electrons. The van der Waals surface area contributed by atoms with Crippen LogP contribution < -0.4 is 0 Å². The highest BCUT2D eigenvalue weighted by Crippen LogP contribution is 2.43. The van der Waals surface area contributed by atoms with E-state index in [9.17, 15) is 15.2 Å². The summed E-state index contributed by atoms with van der Waals surface area (Å²) in [5.74, 6) is -0.395. The molecule has 0 bridgehead atoms. The fourth-order valence-electron chi connectivity index (χ4n) is 5.39. The van der Waals surface area contributed by atoms with Crippen LogP contribution in [0.2, 0.25) is 0 Å². The second kappa shape index (κ2) is 10.5. The first-order valence-corrected chi connectivity index (χ1v) is 13.2. The predicted molar refractivity (Wildman–Crippen MR) is 159 cm³/mol. The zero-order chi connectivity index (χ0) is 28.4. The van der Waals surface area contributed by atoms with E-state index in [2.05, 4.69) is 36.4 Å². The number of benzene rings is 4. The SMILES string of the molecule is Cc1cccc(-c2nn(C(c3ccccc3)(c3ccccc3)c3ccccc3)cc2-c2ccc(O)c([N+](=O)[O-])c2)n1. The molecule has 0 atom stereocenters. The third-order valence-electron chi connectivity index (χ3n) is 7.25. The highest BCUT2D eigenvalue weighted by molar-refractivity contribution is 5.81. The maximum absolute atomic E-state index is 11.7. The second-order valence-electron chi connectivity index (χ2n) is 9.77. The minimum Gasteiger partial charge on any atom is -0.502 e. The van der Waals surface area contributed by atoms with Gasteiger partial charge < -0.3 is 5.11 Å². The Bertz CT molecular complexity index is 1740. The molecule has 0 saturated heterocycles. The number of phenols is 1. The highest BCUT2D eigenvalue weighted by Gasteiger charge is 2.40. The molecule has 0 aliphatic rings. The molecule has 0 aliphatic carbocycles. The van der Waals surface area contributed by atoms with Crippen LogP contribution in [-0.4, -0.2) is 24.8 Å². The van der Waals surface area contributed by atoms with Crippen molar-refractivity contribution in [3.8, 4) is 28.3 Å². The number of aromatic hydroxyl groups is 1. The quantitative estimate of drug-likeness (QED) is 0.130.